The minimum atomic E-state index is -3.07. The second kappa shape index (κ2) is 6.54. The van der Waals surface area contributed by atoms with Crippen molar-refractivity contribution in [1.29, 1.82) is 0 Å². The summed E-state index contributed by atoms with van der Waals surface area (Å²) in [5, 5.41) is 3.30. The summed E-state index contributed by atoms with van der Waals surface area (Å²) in [5.74, 6) is 0.222. The van der Waals surface area contributed by atoms with E-state index < -0.39 is 10.0 Å². The highest BCUT2D eigenvalue weighted by Gasteiger charge is 2.20. The van der Waals surface area contributed by atoms with E-state index in [0.717, 1.165) is 13.1 Å². The Labute approximate surface area is 98.6 Å². The Hall–Kier alpha value is -0.170. The number of hydrogen-bond acceptors (Lipinski definition) is 4. The van der Waals surface area contributed by atoms with E-state index in [1.54, 1.807) is 0 Å². The molecule has 96 valence electrons. The first-order valence-corrected chi connectivity index (χ1v) is 7.50. The first-order valence-electron chi connectivity index (χ1n) is 5.85. The molecule has 0 radical (unpaired) electrons. The van der Waals surface area contributed by atoms with E-state index in [9.17, 15) is 8.42 Å². The highest BCUT2D eigenvalue weighted by molar-refractivity contribution is 7.89. The van der Waals surface area contributed by atoms with Crippen LogP contribution in [0.4, 0.5) is 0 Å². The summed E-state index contributed by atoms with van der Waals surface area (Å²) >= 11 is 0. The van der Waals surface area contributed by atoms with Crippen molar-refractivity contribution in [2.24, 2.45) is 0 Å². The molecule has 0 aromatic carbocycles. The predicted molar refractivity (Wildman–Crippen MR) is 66.0 cm³/mol. The Morgan fingerprint density at radius 1 is 1.25 bits per heavy atom. The molecule has 0 heterocycles. The van der Waals surface area contributed by atoms with Gasteiger partial charge in [0.25, 0.3) is 0 Å². The summed E-state index contributed by atoms with van der Waals surface area (Å²) in [6, 6.07) is 0.657. The van der Waals surface area contributed by atoms with E-state index in [1.165, 1.54) is 12.8 Å². The van der Waals surface area contributed by atoms with Gasteiger partial charge in [-0.1, -0.05) is 0 Å². The lowest BCUT2D eigenvalue weighted by molar-refractivity contribution is 0.412. The van der Waals surface area contributed by atoms with Gasteiger partial charge in [-0.05, 0) is 39.9 Å². The summed E-state index contributed by atoms with van der Waals surface area (Å²) < 4.78 is 25.6. The van der Waals surface area contributed by atoms with Gasteiger partial charge in [-0.2, -0.15) is 0 Å². The number of rotatable bonds is 9. The SMILES string of the molecule is CN(C)CCNS(=O)(=O)CCCNC1CC1. The maximum Gasteiger partial charge on any atom is 0.211 e. The van der Waals surface area contributed by atoms with Gasteiger partial charge in [-0.15, -0.1) is 0 Å². The molecule has 0 aliphatic heterocycles. The lowest BCUT2D eigenvalue weighted by atomic mass is 10.5. The van der Waals surface area contributed by atoms with Crippen molar-refractivity contribution in [3.8, 4) is 0 Å². The van der Waals surface area contributed by atoms with Crippen LogP contribution in [-0.2, 0) is 10.0 Å². The van der Waals surface area contributed by atoms with Crippen LogP contribution in [0.15, 0.2) is 0 Å². The molecule has 5 nitrogen and oxygen atoms in total. The lowest BCUT2D eigenvalue weighted by Gasteiger charge is -2.10. The van der Waals surface area contributed by atoms with E-state index in [2.05, 4.69) is 10.0 Å². The second-order valence-electron chi connectivity index (χ2n) is 4.60. The zero-order valence-electron chi connectivity index (χ0n) is 10.2. The summed E-state index contributed by atoms with van der Waals surface area (Å²) in [5.41, 5.74) is 0. The third-order valence-electron chi connectivity index (χ3n) is 2.48. The molecule has 1 rings (SSSR count). The van der Waals surface area contributed by atoms with Crippen LogP contribution in [0.5, 0.6) is 0 Å². The molecule has 2 N–H and O–H groups in total. The maximum atomic E-state index is 11.5. The molecule has 1 saturated carbocycles. The van der Waals surface area contributed by atoms with Gasteiger partial charge >= 0.3 is 0 Å². The monoisotopic (exact) mass is 249 g/mol. The van der Waals surface area contributed by atoms with Gasteiger partial charge in [0.1, 0.15) is 0 Å². The third kappa shape index (κ3) is 7.16. The highest BCUT2D eigenvalue weighted by atomic mass is 32.2. The molecule has 0 saturated heterocycles. The zero-order chi connectivity index (χ0) is 12.0. The number of sulfonamides is 1. The van der Waals surface area contributed by atoms with Gasteiger partial charge in [-0.3, -0.25) is 0 Å². The quantitative estimate of drug-likeness (QED) is 0.546. The Bertz CT molecular complexity index is 286. The van der Waals surface area contributed by atoms with Crippen LogP contribution in [0.2, 0.25) is 0 Å². The van der Waals surface area contributed by atoms with Gasteiger partial charge < -0.3 is 10.2 Å². The molecule has 6 heteroatoms. The number of hydrogen-bond donors (Lipinski definition) is 2. The van der Waals surface area contributed by atoms with Crippen LogP contribution in [0.3, 0.4) is 0 Å². The minimum Gasteiger partial charge on any atom is -0.314 e. The summed E-state index contributed by atoms with van der Waals surface area (Å²) in [7, 11) is 0.777. The standard InChI is InChI=1S/C10H23N3O2S/c1-13(2)8-7-12-16(14,15)9-3-6-11-10-4-5-10/h10-12H,3-9H2,1-2H3. The lowest BCUT2D eigenvalue weighted by Crippen LogP contribution is -2.33. The molecule has 0 spiro atoms. The van der Waals surface area contributed by atoms with Gasteiger partial charge in [0, 0.05) is 19.1 Å². The van der Waals surface area contributed by atoms with Crippen LogP contribution in [0, 0.1) is 0 Å². The largest absolute Gasteiger partial charge is 0.314 e. The Kier molecular flexibility index (Phi) is 5.68. The Morgan fingerprint density at radius 3 is 2.50 bits per heavy atom. The van der Waals surface area contributed by atoms with Crippen molar-refractivity contribution in [2.45, 2.75) is 25.3 Å². The van der Waals surface area contributed by atoms with Crippen molar-refractivity contribution >= 4 is 10.0 Å². The third-order valence-corrected chi connectivity index (χ3v) is 3.95. The first-order chi connectivity index (χ1) is 7.49. The number of nitrogens with one attached hydrogen (secondary N) is 2. The molecule has 0 amide bonds. The fraction of sp³-hybridized carbons (Fsp3) is 1.00. The van der Waals surface area contributed by atoms with Crippen molar-refractivity contribution in [2.75, 3.05) is 39.5 Å². The molecule has 0 bridgehead atoms. The smallest absolute Gasteiger partial charge is 0.211 e. The first kappa shape index (κ1) is 13.9. The Balaban J connectivity index is 2.02. The number of likely N-dealkylation sites (N-methyl/N-ethyl adjacent to an activating group) is 1. The van der Waals surface area contributed by atoms with E-state index in [-0.39, 0.29) is 5.75 Å². The van der Waals surface area contributed by atoms with Crippen LogP contribution in [0.1, 0.15) is 19.3 Å². The minimum absolute atomic E-state index is 0.222. The van der Waals surface area contributed by atoms with E-state index in [1.807, 2.05) is 19.0 Å². The fourth-order valence-electron chi connectivity index (χ4n) is 1.35. The normalized spacial score (nSPS) is 16.9. The van der Waals surface area contributed by atoms with Crippen LogP contribution in [0.25, 0.3) is 0 Å². The molecule has 16 heavy (non-hydrogen) atoms. The Morgan fingerprint density at radius 2 is 1.94 bits per heavy atom. The fourth-order valence-corrected chi connectivity index (χ4v) is 2.42. The predicted octanol–water partition coefficient (Wildman–Crippen LogP) is -0.390. The van der Waals surface area contributed by atoms with Crippen molar-refractivity contribution in [3.63, 3.8) is 0 Å². The van der Waals surface area contributed by atoms with E-state index in [4.69, 9.17) is 0 Å². The zero-order valence-corrected chi connectivity index (χ0v) is 11.0. The molecule has 0 aromatic heterocycles. The van der Waals surface area contributed by atoms with Gasteiger partial charge in [0.05, 0.1) is 5.75 Å². The molecule has 1 fully saturated rings. The van der Waals surface area contributed by atoms with E-state index in [0.29, 0.717) is 19.0 Å². The van der Waals surface area contributed by atoms with E-state index >= 15 is 0 Å². The molecular formula is C10H23N3O2S. The molecule has 0 aromatic rings. The average Bonchev–Trinajstić information content (AvgIpc) is 2.95. The van der Waals surface area contributed by atoms with Crippen LogP contribution >= 0.6 is 0 Å². The summed E-state index contributed by atoms with van der Waals surface area (Å²) in [6.45, 7) is 2.03. The highest BCUT2D eigenvalue weighted by Crippen LogP contribution is 2.18. The van der Waals surface area contributed by atoms with Crippen LogP contribution < -0.4 is 10.0 Å². The second-order valence-corrected chi connectivity index (χ2v) is 6.52. The topological polar surface area (TPSA) is 61.4 Å². The van der Waals surface area contributed by atoms with Crippen LogP contribution in [-0.4, -0.2) is 58.8 Å². The van der Waals surface area contributed by atoms with Crippen molar-refractivity contribution in [3.05, 3.63) is 0 Å². The van der Waals surface area contributed by atoms with Crippen molar-refractivity contribution < 1.29 is 8.42 Å². The number of nitrogens with zero attached hydrogens (tertiary/aromatic N) is 1. The maximum absolute atomic E-state index is 11.5. The molecular weight excluding hydrogens is 226 g/mol. The molecule has 0 unspecified atom stereocenters. The average molecular weight is 249 g/mol. The van der Waals surface area contributed by atoms with Gasteiger partial charge in [0.15, 0.2) is 0 Å². The summed E-state index contributed by atoms with van der Waals surface area (Å²) in [4.78, 5) is 1.96. The molecule has 1 aliphatic carbocycles. The molecule has 1 aliphatic rings. The molecule has 0 atom stereocenters. The van der Waals surface area contributed by atoms with Gasteiger partial charge in [0.2, 0.25) is 10.0 Å². The van der Waals surface area contributed by atoms with Gasteiger partial charge in [-0.25, -0.2) is 13.1 Å². The van der Waals surface area contributed by atoms with Crippen molar-refractivity contribution in [1.82, 2.24) is 14.9 Å². The summed E-state index contributed by atoms with van der Waals surface area (Å²) in [6.07, 6.45) is 3.18.